The third-order valence-corrected chi connectivity index (χ3v) is 6.31. The van der Waals surface area contributed by atoms with Crippen molar-refractivity contribution in [2.75, 3.05) is 17.6 Å². The fourth-order valence-corrected chi connectivity index (χ4v) is 4.28. The van der Waals surface area contributed by atoms with E-state index in [1.165, 1.54) is 0 Å². The number of rotatable bonds is 11. The summed E-state index contributed by atoms with van der Waals surface area (Å²) in [5.41, 5.74) is 13.8. The number of nitrogens with zero attached hydrogens (tertiary/aromatic N) is 3. The predicted octanol–water partition coefficient (Wildman–Crippen LogP) is 3.58. The quantitative estimate of drug-likeness (QED) is 0.183. The highest BCUT2D eigenvalue weighted by molar-refractivity contribution is 5.97. The Kier molecular flexibility index (Phi) is 8.85. The van der Waals surface area contributed by atoms with Gasteiger partial charge in [-0.05, 0) is 55.3 Å². The second-order valence-corrected chi connectivity index (χ2v) is 9.06. The van der Waals surface area contributed by atoms with Crippen LogP contribution in [0.1, 0.15) is 41.6 Å². The van der Waals surface area contributed by atoms with Crippen LogP contribution < -0.4 is 27.5 Å². The van der Waals surface area contributed by atoms with Crippen molar-refractivity contribution in [3.8, 4) is 11.3 Å². The second-order valence-electron chi connectivity index (χ2n) is 9.06. The van der Waals surface area contributed by atoms with Crippen LogP contribution in [-0.4, -0.2) is 38.2 Å². The Morgan fingerprint density at radius 2 is 1.77 bits per heavy atom. The summed E-state index contributed by atoms with van der Waals surface area (Å²) < 4.78 is 1.61. The maximum Gasteiger partial charge on any atom is 0.343 e. The van der Waals surface area contributed by atoms with Crippen molar-refractivity contribution in [1.29, 1.82) is 0 Å². The van der Waals surface area contributed by atoms with Gasteiger partial charge in [-0.1, -0.05) is 31.0 Å². The zero-order valence-electron chi connectivity index (χ0n) is 21.4. The lowest BCUT2D eigenvalue weighted by Gasteiger charge is -2.16. The van der Waals surface area contributed by atoms with Crippen molar-refractivity contribution >= 4 is 34.5 Å². The lowest BCUT2D eigenvalue weighted by Crippen LogP contribution is -2.28. The van der Waals surface area contributed by atoms with Crippen molar-refractivity contribution in [2.24, 2.45) is 5.73 Å². The Morgan fingerprint density at radius 1 is 1.00 bits per heavy atom. The first-order valence-corrected chi connectivity index (χ1v) is 12.7. The Balaban J connectivity index is 1.56. The van der Waals surface area contributed by atoms with E-state index in [1.807, 2.05) is 6.07 Å². The lowest BCUT2D eigenvalue weighted by atomic mass is 10.1. The number of carboxylic acid groups (broad SMARTS) is 1. The molecule has 0 aliphatic heterocycles. The monoisotopic (exact) mass is 529 g/mol. The third-order valence-electron chi connectivity index (χ3n) is 6.31. The van der Waals surface area contributed by atoms with Crippen LogP contribution >= 0.6 is 0 Å². The minimum Gasteiger partial charge on any atom is -0.477 e. The number of carboxylic acids is 1. The number of nitrogens with one attached hydrogen (secondary N) is 2. The van der Waals surface area contributed by atoms with E-state index in [1.54, 1.807) is 59.4 Å². The van der Waals surface area contributed by atoms with Gasteiger partial charge in [-0.15, -0.1) is 0 Å². The lowest BCUT2D eigenvalue weighted by molar-refractivity contribution is 0.0696. The summed E-state index contributed by atoms with van der Waals surface area (Å²) in [6, 6.07) is 13.7. The standard InChI is InChI=1S/C28H31N7O4/c29-13-3-1-2-4-15-35-25(30)23(27(37)38)24(36)21-11-12-22(34-26(21)35)19-7-9-20(10-8-19)33-28(39)32-17-18-6-5-14-31-16-18/h5-12,14,16H,1-4,13,15,17,29-30H2,(H,37,38)(H2,32,33,39). The zero-order valence-corrected chi connectivity index (χ0v) is 21.4. The molecule has 4 aromatic rings. The minimum atomic E-state index is -1.37. The molecule has 0 saturated carbocycles. The first-order valence-electron chi connectivity index (χ1n) is 12.7. The number of unbranched alkanes of at least 4 members (excludes halogenated alkanes) is 3. The summed E-state index contributed by atoms with van der Waals surface area (Å²) in [5.74, 6) is -1.48. The second kappa shape index (κ2) is 12.7. The molecule has 0 aliphatic carbocycles. The van der Waals surface area contributed by atoms with Crippen LogP contribution in [0.4, 0.5) is 16.3 Å². The summed E-state index contributed by atoms with van der Waals surface area (Å²) in [6.07, 6.45) is 6.82. The van der Waals surface area contributed by atoms with Gasteiger partial charge in [0.1, 0.15) is 17.0 Å². The van der Waals surface area contributed by atoms with E-state index in [4.69, 9.17) is 16.5 Å². The summed E-state index contributed by atoms with van der Waals surface area (Å²) >= 11 is 0. The number of pyridine rings is 3. The maximum absolute atomic E-state index is 12.9. The molecule has 0 radical (unpaired) electrons. The van der Waals surface area contributed by atoms with Gasteiger partial charge in [0.15, 0.2) is 0 Å². The molecular weight excluding hydrogens is 498 g/mol. The smallest absolute Gasteiger partial charge is 0.343 e. The molecule has 0 atom stereocenters. The van der Waals surface area contributed by atoms with Crippen molar-refractivity contribution in [3.63, 3.8) is 0 Å². The van der Waals surface area contributed by atoms with Gasteiger partial charge < -0.3 is 31.8 Å². The third kappa shape index (κ3) is 6.57. The summed E-state index contributed by atoms with van der Waals surface area (Å²) in [7, 11) is 0. The van der Waals surface area contributed by atoms with Gasteiger partial charge >= 0.3 is 12.0 Å². The Bertz CT molecular complexity index is 1520. The Morgan fingerprint density at radius 3 is 2.46 bits per heavy atom. The van der Waals surface area contributed by atoms with E-state index in [-0.39, 0.29) is 17.2 Å². The van der Waals surface area contributed by atoms with Gasteiger partial charge in [0, 0.05) is 36.7 Å². The summed E-state index contributed by atoms with van der Waals surface area (Å²) in [5, 5.41) is 15.4. The number of aryl methyl sites for hydroxylation is 1. The minimum absolute atomic E-state index is 0.111. The van der Waals surface area contributed by atoms with Gasteiger partial charge in [0.05, 0.1) is 11.1 Å². The molecule has 4 rings (SSSR count). The fourth-order valence-electron chi connectivity index (χ4n) is 4.28. The molecule has 0 fully saturated rings. The van der Waals surface area contributed by atoms with E-state index in [9.17, 15) is 19.5 Å². The first kappa shape index (κ1) is 27.3. The highest BCUT2D eigenvalue weighted by Gasteiger charge is 2.21. The largest absolute Gasteiger partial charge is 0.477 e. The fraction of sp³-hybridized carbons (Fsp3) is 0.250. The molecule has 0 spiro atoms. The molecule has 202 valence electrons. The van der Waals surface area contributed by atoms with E-state index >= 15 is 0 Å². The molecule has 3 aromatic heterocycles. The van der Waals surface area contributed by atoms with Crippen molar-refractivity contribution in [2.45, 2.75) is 38.8 Å². The normalized spacial score (nSPS) is 10.9. The number of anilines is 2. The number of amides is 2. The van der Waals surface area contributed by atoms with Crippen LogP contribution in [0.25, 0.3) is 22.3 Å². The maximum atomic E-state index is 12.9. The molecule has 2 amide bonds. The molecule has 7 N–H and O–H groups in total. The number of benzene rings is 1. The van der Waals surface area contributed by atoms with Crippen LogP contribution in [0.15, 0.2) is 65.7 Å². The van der Waals surface area contributed by atoms with Gasteiger partial charge in [0.25, 0.3) is 0 Å². The number of urea groups is 1. The zero-order chi connectivity index (χ0) is 27.8. The summed E-state index contributed by atoms with van der Waals surface area (Å²) in [6.45, 7) is 1.38. The Labute approximate surface area is 224 Å². The molecule has 0 unspecified atom stereocenters. The highest BCUT2D eigenvalue weighted by atomic mass is 16.4. The molecule has 11 heteroatoms. The van der Waals surface area contributed by atoms with Crippen molar-refractivity contribution < 1.29 is 14.7 Å². The van der Waals surface area contributed by atoms with Crippen molar-refractivity contribution in [1.82, 2.24) is 19.9 Å². The predicted molar refractivity (Wildman–Crippen MR) is 150 cm³/mol. The molecular formula is C28H31N7O4. The molecule has 3 heterocycles. The van der Waals surface area contributed by atoms with Gasteiger partial charge in [0.2, 0.25) is 5.43 Å². The van der Waals surface area contributed by atoms with E-state index in [0.717, 1.165) is 36.8 Å². The van der Waals surface area contributed by atoms with Crippen LogP contribution in [0, 0.1) is 0 Å². The van der Waals surface area contributed by atoms with Crippen LogP contribution in [-0.2, 0) is 13.1 Å². The Hall–Kier alpha value is -4.77. The van der Waals surface area contributed by atoms with Crippen LogP contribution in [0.5, 0.6) is 0 Å². The molecule has 0 bridgehead atoms. The van der Waals surface area contributed by atoms with Gasteiger partial charge in [-0.2, -0.15) is 0 Å². The molecule has 0 saturated heterocycles. The SMILES string of the molecule is NCCCCCCn1c(N)c(C(=O)O)c(=O)c2ccc(-c3ccc(NC(=O)NCc4cccnc4)cc3)nc21. The number of nitrogens with two attached hydrogens (primary N) is 2. The first-order chi connectivity index (χ1) is 18.9. The number of aromatic carboxylic acids is 1. The summed E-state index contributed by atoms with van der Waals surface area (Å²) in [4.78, 5) is 45.7. The molecule has 11 nitrogen and oxygen atoms in total. The average molecular weight is 530 g/mol. The average Bonchev–Trinajstić information content (AvgIpc) is 2.94. The van der Waals surface area contributed by atoms with Gasteiger partial charge in [-0.25, -0.2) is 14.6 Å². The number of hydrogen-bond donors (Lipinski definition) is 5. The number of fused-ring (bicyclic) bond motifs is 1. The number of carbonyl (C=O) groups excluding carboxylic acids is 1. The number of hydrogen-bond acceptors (Lipinski definition) is 7. The molecule has 1 aromatic carbocycles. The van der Waals surface area contributed by atoms with E-state index in [0.29, 0.717) is 36.7 Å². The van der Waals surface area contributed by atoms with E-state index in [2.05, 4.69) is 15.6 Å². The van der Waals surface area contributed by atoms with Crippen LogP contribution in [0.2, 0.25) is 0 Å². The van der Waals surface area contributed by atoms with Gasteiger partial charge in [-0.3, -0.25) is 9.78 Å². The van der Waals surface area contributed by atoms with Crippen molar-refractivity contribution in [3.05, 3.63) is 82.3 Å². The highest BCUT2D eigenvalue weighted by Crippen LogP contribution is 2.24. The molecule has 39 heavy (non-hydrogen) atoms. The topological polar surface area (TPSA) is 178 Å². The van der Waals surface area contributed by atoms with Crippen LogP contribution in [0.3, 0.4) is 0 Å². The number of aromatic nitrogens is 3. The number of carbonyl (C=O) groups is 2. The molecule has 0 aliphatic rings. The van der Waals surface area contributed by atoms with E-state index < -0.39 is 17.0 Å². The number of nitrogen functional groups attached to an aromatic ring is 1.